The normalized spacial score (nSPS) is 23.2. The summed E-state index contributed by atoms with van der Waals surface area (Å²) in [5.74, 6) is 0.721. The zero-order chi connectivity index (χ0) is 16.2. The van der Waals surface area contributed by atoms with Crippen molar-refractivity contribution >= 4 is 5.69 Å². The molecule has 7 nitrogen and oxygen atoms in total. The lowest BCUT2D eigenvalue weighted by Crippen LogP contribution is -2.47. The molecule has 2 fully saturated rings. The van der Waals surface area contributed by atoms with Crippen LogP contribution in [0.5, 0.6) is 5.75 Å². The molecule has 0 radical (unpaired) electrons. The van der Waals surface area contributed by atoms with E-state index in [0.29, 0.717) is 18.0 Å². The van der Waals surface area contributed by atoms with Gasteiger partial charge in [0.2, 0.25) is 0 Å². The van der Waals surface area contributed by atoms with Gasteiger partial charge in [-0.3, -0.25) is 15.0 Å². The van der Waals surface area contributed by atoms with E-state index in [1.807, 2.05) is 0 Å². The summed E-state index contributed by atoms with van der Waals surface area (Å²) in [6.45, 7) is 7.07. The summed E-state index contributed by atoms with van der Waals surface area (Å²) in [6.07, 6.45) is 1.15. The fourth-order valence-corrected chi connectivity index (χ4v) is 3.34. The molecule has 126 valence electrons. The fourth-order valence-electron chi connectivity index (χ4n) is 3.34. The van der Waals surface area contributed by atoms with E-state index in [9.17, 15) is 15.2 Å². The van der Waals surface area contributed by atoms with Crippen molar-refractivity contribution in [2.45, 2.75) is 13.0 Å². The van der Waals surface area contributed by atoms with Crippen LogP contribution in [0.2, 0.25) is 0 Å². The largest absolute Gasteiger partial charge is 0.508 e. The van der Waals surface area contributed by atoms with E-state index < -0.39 is 0 Å². The predicted molar refractivity (Wildman–Crippen MR) is 85.4 cm³/mol. The molecule has 0 spiro atoms. The van der Waals surface area contributed by atoms with Crippen LogP contribution in [0, 0.1) is 16.0 Å². The Balaban J connectivity index is 1.54. The third-order valence-corrected chi connectivity index (χ3v) is 4.66. The van der Waals surface area contributed by atoms with Crippen molar-refractivity contribution in [1.82, 2.24) is 9.80 Å². The van der Waals surface area contributed by atoms with Crippen LogP contribution in [0.3, 0.4) is 0 Å². The second-order valence-electron chi connectivity index (χ2n) is 6.38. The number of nitrogens with zero attached hydrogens (tertiary/aromatic N) is 3. The number of rotatable bonds is 5. The molecule has 0 aliphatic carbocycles. The molecule has 1 aromatic carbocycles. The highest BCUT2D eigenvalue weighted by Crippen LogP contribution is 2.25. The molecule has 2 aliphatic heterocycles. The summed E-state index contributed by atoms with van der Waals surface area (Å²) >= 11 is 0. The minimum atomic E-state index is -0.384. The number of hydrogen-bond acceptors (Lipinski definition) is 6. The lowest BCUT2D eigenvalue weighted by molar-refractivity contribution is -0.385. The van der Waals surface area contributed by atoms with Gasteiger partial charge >= 0.3 is 0 Å². The fraction of sp³-hybridized carbons (Fsp3) is 0.625. The van der Waals surface area contributed by atoms with Gasteiger partial charge in [0.05, 0.1) is 11.5 Å². The van der Waals surface area contributed by atoms with E-state index >= 15 is 0 Å². The van der Waals surface area contributed by atoms with Gasteiger partial charge in [0.1, 0.15) is 5.75 Å². The highest BCUT2D eigenvalue weighted by molar-refractivity contribution is 5.44. The number of phenolic OH excluding ortho intramolecular Hbond substituents is 1. The number of piperazine rings is 1. The molecule has 0 saturated carbocycles. The maximum atomic E-state index is 11.1. The van der Waals surface area contributed by atoms with Crippen LogP contribution in [-0.4, -0.2) is 65.8 Å². The first kappa shape index (κ1) is 16.2. The molecule has 1 aromatic rings. The quantitative estimate of drug-likeness (QED) is 0.653. The van der Waals surface area contributed by atoms with Crippen LogP contribution in [-0.2, 0) is 11.3 Å². The monoisotopic (exact) mass is 321 g/mol. The zero-order valence-corrected chi connectivity index (χ0v) is 13.2. The maximum Gasteiger partial charge on any atom is 0.274 e. The summed E-state index contributed by atoms with van der Waals surface area (Å²) in [6, 6.07) is 4.24. The topological polar surface area (TPSA) is 79.1 Å². The van der Waals surface area contributed by atoms with Crippen molar-refractivity contribution < 1.29 is 14.8 Å². The molecule has 23 heavy (non-hydrogen) atoms. The Kier molecular flexibility index (Phi) is 5.09. The van der Waals surface area contributed by atoms with Gasteiger partial charge in [-0.1, -0.05) is 0 Å². The number of nitro groups is 1. The average molecular weight is 321 g/mol. The molecule has 7 heteroatoms. The molecule has 1 unspecified atom stereocenters. The van der Waals surface area contributed by atoms with E-state index in [2.05, 4.69) is 9.80 Å². The standard InChI is InChI=1S/C16H23N3O4/c20-15-1-2-16(19(21)22)14(9-15)11-18-6-4-17(5-7-18)10-13-3-8-23-12-13/h1-2,9,13,20H,3-8,10-12H2. The molecule has 2 heterocycles. The van der Waals surface area contributed by atoms with E-state index in [1.165, 1.54) is 18.2 Å². The minimum absolute atomic E-state index is 0.0745. The molecule has 0 bridgehead atoms. The average Bonchev–Trinajstić information content (AvgIpc) is 3.02. The number of phenols is 1. The van der Waals surface area contributed by atoms with Gasteiger partial charge in [0.15, 0.2) is 0 Å². The van der Waals surface area contributed by atoms with Crippen LogP contribution in [0.25, 0.3) is 0 Å². The highest BCUT2D eigenvalue weighted by Gasteiger charge is 2.24. The number of hydrogen-bond donors (Lipinski definition) is 1. The molecule has 1 atom stereocenters. The Bertz CT molecular complexity index is 552. The number of ether oxygens (including phenoxy) is 1. The third kappa shape index (κ3) is 4.19. The van der Waals surface area contributed by atoms with Gasteiger partial charge in [0.25, 0.3) is 5.69 Å². The van der Waals surface area contributed by atoms with E-state index in [4.69, 9.17) is 4.74 Å². The minimum Gasteiger partial charge on any atom is -0.508 e. The molecule has 2 saturated heterocycles. The lowest BCUT2D eigenvalue weighted by Gasteiger charge is -2.35. The van der Waals surface area contributed by atoms with E-state index in [1.54, 1.807) is 0 Å². The Morgan fingerprint density at radius 3 is 2.65 bits per heavy atom. The molecule has 1 N–H and O–H groups in total. The van der Waals surface area contributed by atoms with Gasteiger partial charge in [-0.2, -0.15) is 0 Å². The second-order valence-corrected chi connectivity index (χ2v) is 6.38. The molecule has 3 rings (SSSR count). The first-order valence-electron chi connectivity index (χ1n) is 8.10. The molecule has 2 aliphatic rings. The number of benzene rings is 1. The van der Waals surface area contributed by atoms with E-state index in [0.717, 1.165) is 52.4 Å². The molecular weight excluding hydrogens is 298 g/mol. The molecular formula is C16H23N3O4. The smallest absolute Gasteiger partial charge is 0.274 e. The van der Waals surface area contributed by atoms with Gasteiger partial charge in [0, 0.05) is 57.5 Å². The van der Waals surface area contributed by atoms with Crippen molar-refractivity contribution in [3.05, 3.63) is 33.9 Å². The van der Waals surface area contributed by atoms with Crippen molar-refractivity contribution in [2.75, 3.05) is 45.9 Å². The summed E-state index contributed by atoms with van der Waals surface area (Å²) in [5, 5.41) is 20.7. The summed E-state index contributed by atoms with van der Waals surface area (Å²) in [7, 11) is 0. The Hall–Kier alpha value is -1.70. The summed E-state index contributed by atoms with van der Waals surface area (Å²) < 4.78 is 5.42. The Labute approximate surface area is 135 Å². The third-order valence-electron chi connectivity index (χ3n) is 4.66. The van der Waals surface area contributed by atoms with Crippen LogP contribution >= 0.6 is 0 Å². The van der Waals surface area contributed by atoms with Crippen LogP contribution in [0.4, 0.5) is 5.69 Å². The SMILES string of the molecule is O=[N+]([O-])c1ccc(O)cc1CN1CCN(CC2CCOC2)CC1. The highest BCUT2D eigenvalue weighted by atomic mass is 16.6. The van der Waals surface area contributed by atoms with Gasteiger partial charge < -0.3 is 14.7 Å². The first-order valence-corrected chi connectivity index (χ1v) is 8.10. The van der Waals surface area contributed by atoms with Gasteiger partial charge in [-0.15, -0.1) is 0 Å². The number of nitro benzene ring substituents is 1. The van der Waals surface area contributed by atoms with Crippen molar-refractivity contribution in [3.63, 3.8) is 0 Å². The van der Waals surface area contributed by atoms with Gasteiger partial charge in [-0.05, 0) is 24.5 Å². The molecule has 0 amide bonds. The van der Waals surface area contributed by atoms with E-state index in [-0.39, 0.29) is 16.4 Å². The van der Waals surface area contributed by atoms with Crippen LogP contribution < -0.4 is 0 Å². The second kappa shape index (κ2) is 7.25. The summed E-state index contributed by atoms with van der Waals surface area (Å²) in [4.78, 5) is 15.4. The lowest BCUT2D eigenvalue weighted by atomic mass is 10.1. The maximum absolute atomic E-state index is 11.1. The Morgan fingerprint density at radius 1 is 1.26 bits per heavy atom. The molecule has 0 aromatic heterocycles. The zero-order valence-electron chi connectivity index (χ0n) is 13.2. The van der Waals surface area contributed by atoms with Crippen molar-refractivity contribution in [2.24, 2.45) is 5.92 Å². The first-order chi connectivity index (χ1) is 11.1. The Morgan fingerprint density at radius 2 is 2.00 bits per heavy atom. The van der Waals surface area contributed by atoms with Crippen LogP contribution in [0.1, 0.15) is 12.0 Å². The number of aromatic hydroxyl groups is 1. The van der Waals surface area contributed by atoms with Gasteiger partial charge in [-0.25, -0.2) is 0 Å². The predicted octanol–water partition coefficient (Wildman–Crippen LogP) is 1.45. The van der Waals surface area contributed by atoms with Crippen LogP contribution in [0.15, 0.2) is 18.2 Å². The summed E-state index contributed by atoms with van der Waals surface area (Å²) in [5.41, 5.74) is 0.654. The van der Waals surface area contributed by atoms with Crippen molar-refractivity contribution in [1.29, 1.82) is 0 Å². The van der Waals surface area contributed by atoms with Crippen molar-refractivity contribution in [3.8, 4) is 5.75 Å².